The van der Waals surface area contributed by atoms with E-state index < -0.39 is 0 Å². The second-order valence-electron chi connectivity index (χ2n) is 5.52. The van der Waals surface area contributed by atoms with Crippen molar-refractivity contribution in [3.63, 3.8) is 0 Å². The molecule has 1 aliphatic heterocycles. The number of hydrogen-bond donors (Lipinski definition) is 2. The quantitative estimate of drug-likeness (QED) is 0.395. The van der Waals surface area contributed by atoms with Gasteiger partial charge in [0.25, 0.3) is 0 Å². The summed E-state index contributed by atoms with van der Waals surface area (Å²) in [5, 5.41) is 10.2. The van der Waals surface area contributed by atoms with Crippen LogP contribution in [0.3, 0.4) is 0 Å². The molecule has 0 saturated carbocycles. The van der Waals surface area contributed by atoms with E-state index >= 15 is 0 Å². The average molecular weight is 325 g/mol. The van der Waals surface area contributed by atoms with E-state index in [-0.39, 0.29) is 0 Å². The molecule has 0 spiro atoms. The van der Waals surface area contributed by atoms with Crippen LogP contribution >= 0.6 is 0 Å². The zero-order chi connectivity index (χ0) is 16.3. The van der Waals surface area contributed by atoms with Gasteiger partial charge in [0.05, 0.1) is 13.2 Å². The third-order valence-electron chi connectivity index (χ3n) is 3.42. The number of nitrogens with zero attached hydrogens (tertiary/aromatic N) is 3. The number of nitrogens with one attached hydrogen (secondary N) is 2. The topological polar surface area (TPSA) is 93.8 Å². The minimum atomic E-state index is 0.369. The number of rotatable bonds is 9. The van der Waals surface area contributed by atoms with E-state index in [1.165, 1.54) is 0 Å². The third kappa shape index (κ3) is 6.96. The van der Waals surface area contributed by atoms with Gasteiger partial charge in [-0.25, -0.2) is 4.99 Å². The Hall–Kier alpha value is -1.67. The van der Waals surface area contributed by atoms with E-state index in [0.717, 1.165) is 58.3 Å². The van der Waals surface area contributed by atoms with E-state index in [0.29, 0.717) is 24.2 Å². The van der Waals surface area contributed by atoms with Gasteiger partial charge < -0.3 is 24.6 Å². The maximum atomic E-state index is 5.68. The van der Waals surface area contributed by atoms with Crippen molar-refractivity contribution in [1.29, 1.82) is 0 Å². The lowest BCUT2D eigenvalue weighted by atomic mass is 10.1. The number of aromatic nitrogens is 2. The van der Waals surface area contributed by atoms with E-state index in [4.69, 9.17) is 14.0 Å². The van der Waals surface area contributed by atoms with E-state index in [1.54, 1.807) is 6.92 Å². The van der Waals surface area contributed by atoms with Gasteiger partial charge in [0.15, 0.2) is 11.8 Å². The van der Waals surface area contributed by atoms with Crippen LogP contribution in [0.25, 0.3) is 0 Å². The second-order valence-corrected chi connectivity index (χ2v) is 5.52. The van der Waals surface area contributed by atoms with Gasteiger partial charge in [0, 0.05) is 32.2 Å². The van der Waals surface area contributed by atoms with Crippen LogP contribution in [0.5, 0.6) is 0 Å². The fraction of sp³-hybridized carbons (Fsp3) is 0.800. The molecular weight excluding hydrogens is 298 g/mol. The van der Waals surface area contributed by atoms with Crippen molar-refractivity contribution < 1.29 is 14.0 Å². The largest absolute Gasteiger partial charge is 0.381 e. The standard InChI is InChI=1S/C15H27N5O3/c1-3-16-15(18-9-14-19-12(2)20-23-14)17-6-4-7-21-10-13-5-8-22-11-13/h13H,3-11H2,1-2H3,(H2,16,17,18). The van der Waals surface area contributed by atoms with Crippen molar-refractivity contribution in [2.45, 2.75) is 33.2 Å². The fourth-order valence-corrected chi connectivity index (χ4v) is 2.24. The number of aliphatic imine (C=N–C) groups is 1. The lowest BCUT2D eigenvalue weighted by molar-refractivity contribution is 0.0888. The smallest absolute Gasteiger partial charge is 0.248 e. The zero-order valence-electron chi connectivity index (χ0n) is 14.0. The summed E-state index contributed by atoms with van der Waals surface area (Å²) in [4.78, 5) is 8.55. The van der Waals surface area contributed by atoms with Crippen molar-refractivity contribution in [2.24, 2.45) is 10.9 Å². The SMILES string of the molecule is CCNC(=NCc1nc(C)no1)NCCCOCC1CCOC1. The highest BCUT2D eigenvalue weighted by Gasteiger charge is 2.15. The Bertz CT molecular complexity index is 471. The number of aryl methyl sites for hydroxylation is 1. The summed E-state index contributed by atoms with van der Waals surface area (Å²) >= 11 is 0. The normalized spacial score (nSPS) is 18.3. The first-order chi connectivity index (χ1) is 11.3. The summed E-state index contributed by atoms with van der Waals surface area (Å²) in [6, 6.07) is 0. The van der Waals surface area contributed by atoms with Crippen LogP contribution in [0.2, 0.25) is 0 Å². The Kier molecular flexibility index (Phi) is 7.82. The van der Waals surface area contributed by atoms with Crippen LogP contribution in [0.1, 0.15) is 31.5 Å². The predicted molar refractivity (Wildman–Crippen MR) is 86.2 cm³/mol. The maximum absolute atomic E-state index is 5.68. The molecule has 2 rings (SSSR count). The minimum Gasteiger partial charge on any atom is -0.381 e. The molecule has 0 amide bonds. The number of hydrogen-bond acceptors (Lipinski definition) is 6. The molecule has 0 radical (unpaired) electrons. The third-order valence-corrected chi connectivity index (χ3v) is 3.42. The summed E-state index contributed by atoms with van der Waals surface area (Å²) in [6.07, 6.45) is 2.04. The molecule has 1 unspecified atom stereocenters. The van der Waals surface area contributed by atoms with Crippen molar-refractivity contribution >= 4 is 5.96 Å². The molecule has 0 aromatic carbocycles. The van der Waals surface area contributed by atoms with Gasteiger partial charge >= 0.3 is 0 Å². The van der Waals surface area contributed by atoms with Crippen LogP contribution in [-0.2, 0) is 16.0 Å². The van der Waals surface area contributed by atoms with Gasteiger partial charge in [-0.3, -0.25) is 0 Å². The Morgan fingerprint density at radius 3 is 3.04 bits per heavy atom. The summed E-state index contributed by atoms with van der Waals surface area (Å²) < 4.78 is 16.0. The molecule has 1 atom stereocenters. The first-order valence-corrected chi connectivity index (χ1v) is 8.24. The molecular formula is C15H27N5O3. The first kappa shape index (κ1) is 17.7. The second kappa shape index (κ2) is 10.2. The van der Waals surface area contributed by atoms with Crippen LogP contribution in [0.15, 0.2) is 9.52 Å². The first-order valence-electron chi connectivity index (χ1n) is 8.24. The highest BCUT2D eigenvalue weighted by Crippen LogP contribution is 2.12. The summed E-state index contributed by atoms with van der Waals surface area (Å²) in [5.74, 6) is 2.45. The highest BCUT2D eigenvalue weighted by molar-refractivity contribution is 5.79. The lowest BCUT2D eigenvalue weighted by Gasteiger charge is -2.12. The molecule has 1 aromatic rings. The fourth-order valence-electron chi connectivity index (χ4n) is 2.24. The Morgan fingerprint density at radius 2 is 2.35 bits per heavy atom. The summed E-state index contributed by atoms with van der Waals surface area (Å²) in [5.41, 5.74) is 0. The van der Waals surface area contributed by atoms with Gasteiger partial charge in [-0.05, 0) is 26.7 Å². The van der Waals surface area contributed by atoms with Crippen LogP contribution < -0.4 is 10.6 Å². The maximum Gasteiger partial charge on any atom is 0.248 e. The van der Waals surface area contributed by atoms with Gasteiger partial charge in [0.1, 0.15) is 6.54 Å². The number of guanidine groups is 1. The Morgan fingerprint density at radius 1 is 1.43 bits per heavy atom. The minimum absolute atomic E-state index is 0.369. The molecule has 0 aliphatic carbocycles. The van der Waals surface area contributed by atoms with Crippen LogP contribution in [0, 0.1) is 12.8 Å². The zero-order valence-corrected chi connectivity index (χ0v) is 14.0. The Labute approximate surface area is 137 Å². The van der Waals surface area contributed by atoms with Gasteiger partial charge in [-0.1, -0.05) is 5.16 Å². The molecule has 130 valence electrons. The van der Waals surface area contributed by atoms with Crippen LogP contribution in [0.4, 0.5) is 0 Å². The molecule has 1 fully saturated rings. The molecule has 1 aromatic heterocycles. The number of ether oxygens (including phenoxy) is 2. The van der Waals surface area contributed by atoms with E-state index in [9.17, 15) is 0 Å². The molecule has 8 nitrogen and oxygen atoms in total. The van der Waals surface area contributed by atoms with Gasteiger partial charge in [-0.15, -0.1) is 0 Å². The highest BCUT2D eigenvalue weighted by atomic mass is 16.5. The van der Waals surface area contributed by atoms with Crippen molar-refractivity contribution in [2.75, 3.05) is 39.5 Å². The average Bonchev–Trinajstić information content (AvgIpc) is 3.19. The van der Waals surface area contributed by atoms with Gasteiger partial charge in [0.2, 0.25) is 5.89 Å². The van der Waals surface area contributed by atoms with Crippen molar-refractivity contribution in [3.8, 4) is 0 Å². The van der Waals surface area contributed by atoms with E-state index in [2.05, 4.69) is 25.8 Å². The molecule has 1 saturated heterocycles. The molecule has 2 heterocycles. The van der Waals surface area contributed by atoms with Crippen molar-refractivity contribution in [1.82, 2.24) is 20.8 Å². The molecule has 8 heteroatoms. The molecule has 0 bridgehead atoms. The summed E-state index contributed by atoms with van der Waals surface area (Å²) in [7, 11) is 0. The van der Waals surface area contributed by atoms with Crippen molar-refractivity contribution in [3.05, 3.63) is 11.7 Å². The molecule has 2 N–H and O–H groups in total. The summed E-state index contributed by atoms with van der Waals surface area (Å²) in [6.45, 7) is 9.04. The Balaban J connectivity index is 1.59. The monoisotopic (exact) mass is 325 g/mol. The van der Waals surface area contributed by atoms with Crippen LogP contribution in [-0.4, -0.2) is 55.6 Å². The lowest BCUT2D eigenvalue weighted by Crippen LogP contribution is -2.38. The van der Waals surface area contributed by atoms with E-state index in [1.807, 2.05) is 6.92 Å². The predicted octanol–water partition coefficient (Wildman–Crippen LogP) is 0.876. The van der Waals surface area contributed by atoms with Gasteiger partial charge in [-0.2, -0.15) is 4.98 Å². The molecule has 23 heavy (non-hydrogen) atoms. The molecule has 1 aliphatic rings.